The lowest BCUT2D eigenvalue weighted by Crippen LogP contribution is -2.43. The van der Waals surface area contributed by atoms with Gasteiger partial charge < -0.3 is 20.6 Å². The molecule has 2 aliphatic heterocycles. The van der Waals surface area contributed by atoms with E-state index in [1.54, 1.807) is 12.1 Å². The molecule has 1 amide bonds. The highest BCUT2D eigenvalue weighted by atomic mass is 16.3. The highest BCUT2D eigenvalue weighted by Gasteiger charge is 2.32. The van der Waals surface area contributed by atoms with Crippen LogP contribution in [0.4, 0.5) is 11.4 Å². The molecule has 2 aliphatic rings. The summed E-state index contributed by atoms with van der Waals surface area (Å²) in [7, 11) is 2.11. The third-order valence-electron chi connectivity index (χ3n) is 6.71. The van der Waals surface area contributed by atoms with Gasteiger partial charge in [-0.15, -0.1) is 0 Å². The van der Waals surface area contributed by atoms with Gasteiger partial charge in [0.1, 0.15) is 11.8 Å². The molecule has 0 saturated carbocycles. The van der Waals surface area contributed by atoms with Crippen molar-refractivity contribution in [2.45, 2.75) is 38.3 Å². The fourth-order valence-electron chi connectivity index (χ4n) is 4.99. The Morgan fingerprint density at radius 2 is 1.94 bits per heavy atom. The summed E-state index contributed by atoms with van der Waals surface area (Å²) in [4.78, 5) is 15.5. The van der Waals surface area contributed by atoms with E-state index in [0.29, 0.717) is 6.42 Å². The molecule has 3 aromatic rings. The van der Waals surface area contributed by atoms with Gasteiger partial charge in [0.05, 0.1) is 6.04 Å². The van der Waals surface area contributed by atoms with Crippen LogP contribution in [0, 0.1) is 6.92 Å². The first-order valence-electron chi connectivity index (χ1n) is 11.3. The molecule has 0 saturated heterocycles. The standard InChI is InChI=1S/C27H29N3O2/c1-17-12-20(31)15-24-21(17)16-25(28-24)27(32)29-23-10-11-30(2)26-9-8-19(14-22(23)26)13-18-6-4-3-5-7-18/h3-9,12,14-15,23,25,28,31H,10-11,13,16H2,1-2H3,(H,29,32). The van der Waals surface area contributed by atoms with E-state index in [-0.39, 0.29) is 23.7 Å². The van der Waals surface area contributed by atoms with Gasteiger partial charge in [-0.1, -0.05) is 42.5 Å². The molecule has 2 unspecified atom stereocenters. The number of benzene rings is 3. The zero-order valence-corrected chi connectivity index (χ0v) is 18.6. The number of carbonyl (C=O) groups is 1. The van der Waals surface area contributed by atoms with E-state index in [2.05, 4.69) is 65.0 Å². The van der Waals surface area contributed by atoms with Crippen molar-refractivity contribution in [1.29, 1.82) is 0 Å². The van der Waals surface area contributed by atoms with Crippen molar-refractivity contribution in [2.24, 2.45) is 0 Å². The minimum atomic E-state index is -0.318. The van der Waals surface area contributed by atoms with Crippen LogP contribution in [0.1, 0.15) is 40.3 Å². The smallest absolute Gasteiger partial charge is 0.243 e. The number of hydrogen-bond acceptors (Lipinski definition) is 4. The first-order chi connectivity index (χ1) is 15.5. The molecular formula is C27H29N3O2. The third-order valence-corrected chi connectivity index (χ3v) is 6.71. The van der Waals surface area contributed by atoms with Crippen LogP contribution in [0.3, 0.4) is 0 Å². The van der Waals surface area contributed by atoms with Gasteiger partial charge in [-0.25, -0.2) is 0 Å². The van der Waals surface area contributed by atoms with Crippen LogP contribution in [0.15, 0.2) is 60.7 Å². The van der Waals surface area contributed by atoms with E-state index >= 15 is 0 Å². The number of amides is 1. The number of fused-ring (bicyclic) bond motifs is 2. The quantitative estimate of drug-likeness (QED) is 0.580. The molecule has 3 N–H and O–H groups in total. The second-order valence-corrected chi connectivity index (χ2v) is 9.02. The Bertz CT molecular complexity index is 1160. The summed E-state index contributed by atoms with van der Waals surface area (Å²) >= 11 is 0. The van der Waals surface area contributed by atoms with E-state index in [0.717, 1.165) is 36.2 Å². The second kappa shape index (κ2) is 8.23. The SMILES string of the molecule is Cc1cc(O)cc2c1CC(C(=O)NC1CCN(C)c3ccc(Cc4ccccc4)cc31)N2. The van der Waals surface area contributed by atoms with Crippen LogP contribution < -0.4 is 15.5 Å². The van der Waals surface area contributed by atoms with Crippen molar-refractivity contribution in [1.82, 2.24) is 5.32 Å². The number of phenolic OH excluding ortho intramolecular Hbond substituents is 1. The minimum Gasteiger partial charge on any atom is -0.508 e. The lowest BCUT2D eigenvalue weighted by Gasteiger charge is -2.34. The highest BCUT2D eigenvalue weighted by Crippen LogP contribution is 2.36. The number of aromatic hydroxyl groups is 1. The van der Waals surface area contributed by atoms with Gasteiger partial charge in [-0.3, -0.25) is 4.79 Å². The maximum absolute atomic E-state index is 13.2. The van der Waals surface area contributed by atoms with Crippen molar-refractivity contribution >= 4 is 17.3 Å². The van der Waals surface area contributed by atoms with E-state index in [1.165, 1.54) is 22.4 Å². The lowest BCUT2D eigenvalue weighted by atomic mass is 9.92. The summed E-state index contributed by atoms with van der Waals surface area (Å²) in [5.41, 5.74) is 7.88. The van der Waals surface area contributed by atoms with Crippen LogP contribution >= 0.6 is 0 Å². The van der Waals surface area contributed by atoms with E-state index in [4.69, 9.17) is 0 Å². The molecule has 5 rings (SSSR count). The summed E-state index contributed by atoms with van der Waals surface area (Å²) in [6.45, 7) is 2.88. The fourth-order valence-corrected chi connectivity index (χ4v) is 4.99. The maximum atomic E-state index is 13.2. The molecule has 0 fully saturated rings. The summed E-state index contributed by atoms with van der Waals surface area (Å²) in [6, 6.07) is 20.2. The molecule has 5 nitrogen and oxygen atoms in total. The average molecular weight is 428 g/mol. The Morgan fingerprint density at radius 3 is 2.75 bits per heavy atom. The van der Waals surface area contributed by atoms with Crippen molar-refractivity contribution in [3.8, 4) is 5.75 Å². The van der Waals surface area contributed by atoms with E-state index < -0.39 is 0 Å². The monoisotopic (exact) mass is 427 g/mol. The average Bonchev–Trinajstić information content (AvgIpc) is 3.21. The molecule has 0 bridgehead atoms. The predicted molar refractivity (Wildman–Crippen MR) is 128 cm³/mol. The van der Waals surface area contributed by atoms with Crippen LogP contribution in [0.5, 0.6) is 5.75 Å². The number of aryl methyl sites for hydroxylation is 1. The fraction of sp³-hybridized carbons (Fsp3) is 0.296. The molecule has 3 aromatic carbocycles. The minimum absolute atomic E-state index is 0.00838. The Hall–Kier alpha value is -3.47. The summed E-state index contributed by atoms with van der Waals surface area (Å²) in [5, 5.41) is 16.5. The Kier molecular flexibility index (Phi) is 5.25. The Morgan fingerprint density at radius 1 is 1.12 bits per heavy atom. The van der Waals surface area contributed by atoms with Crippen LogP contribution in [0.25, 0.3) is 0 Å². The first kappa shape index (κ1) is 20.4. The maximum Gasteiger partial charge on any atom is 0.243 e. The Labute approximate surface area is 189 Å². The van der Waals surface area contributed by atoms with Crippen molar-refractivity contribution in [3.05, 3.63) is 88.5 Å². The highest BCUT2D eigenvalue weighted by molar-refractivity contribution is 5.88. The molecule has 164 valence electrons. The number of carbonyl (C=O) groups excluding carboxylic acids is 1. The van der Waals surface area contributed by atoms with Crippen LogP contribution in [0.2, 0.25) is 0 Å². The third kappa shape index (κ3) is 3.91. The van der Waals surface area contributed by atoms with E-state index in [1.807, 2.05) is 13.0 Å². The molecule has 0 radical (unpaired) electrons. The molecule has 0 spiro atoms. The topological polar surface area (TPSA) is 64.6 Å². The molecule has 32 heavy (non-hydrogen) atoms. The van der Waals surface area contributed by atoms with Gasteiger partial charge >= 0.3 is 0 Å². The molecule has 2 heterocycles. The van der Waals surface area contributed by atoms with Crippen molar-refractivity contribution in [3.63, 3.8) is 0 Å². The number of nitrogens with zero attached hydrogens (tertiary/aromatic N) is 1. The van der Waals surface area contributed by atoms with Crippen molar-refractivity contribution in [2.75, 3.05) is 23.8 Å². The number of phenols is 1. The summed E-state index contributed by atoms with van der Waals surface area (Å²) < 4.78 is 0. The van der Waals surface area contributed by atoms with Gasteiger partial charge in [0, 0.05) is 37.5 Å². The number of rotatable bonds is 4. The van der Waals surface area contributed by atoms with Gasteiger partial charge in [-0.2, -0.15) is 0 Å². The second-order valence-electron chi connectivity index (χ2n) is 9.02. The van der Waals surface area contributed by atoms with Gasteiger partial charge in [0.25, 0.3) is 0 Å². The molecule has 2 atom stereocenters. The zero-order chi connectivity index (χ0) is 22.2. The van der Waals surface area contributed by atoms with Crippen molar-refractivity contribution < 1.29 is 9.90 Å². The largest absolute Gasteiger partial charge is 0.508 e. The number of hydrogen-bond donors (Lipinski definition) is 3. The van der Waals surface area contributed by atoms with Gasteiger partial charge in [0.2, 0.25) is 5.91 Å². The lowest BCUT2D eigenvalue weighted by molar-refractivity contribution is -0.122. The van der Waals surface area contributed by atoms with Crippen LogP contribution in [-0.4, -0.2) is 30.6 Å². The van der Waals surface area contributed by atoms with Gasteiger partial charge in [-0.05, 0) is 59.7 Å². The molecule has 0 aromatic heterocycles. The zero-order valence-electron chi connectivity index (χ0n) is 18.6. The van der Waals surface area contributed by atoms with Crippen LogP contribution in [-0.2, 0) is 17.6 Å². The summed E-state index contributed by atoms with van der Waals surface area (Å²) in [6.07, 6.45) is 2.39. The van der Waals surface area contributed by atoms with E-state index in [9.17, 15) is 9.90 Å². The summed E-state index contributed by atoms with van der Waals surface area (Å²) in [5.74, 6) is 0.235. The molecule has 0 aliphatic carbocycles. The number of nitrogens with one attached hydrogen (secondary N) is 2. The normalized spacial score (nSPS) is 19.1. The molecule has 5 heteroatoms. The van der Waals surface area contributed by atoms with Gasteiger partial charge in [0.15, 0.2) is 0 Å². The predicted octanol–water partition coefficient (Wildman–Crippen LogP) is 4.33. The number of anilines is 2. The Balaban J connectivity index is 1.35. The first-order valence-corrected chi connectivity index (χ1v) is 11.3. The molecular weight excluding hydrogens is 398 g/mol.